The van der Waals surface area contributed by atoms with Crippen LogP contribution in [0.4, 0.5) is 10.5 Å². The summed E-state index contributed by atoms with van der Waals surface area (Å²) in [7, 11) is 0. The quantitative estimate of drug-likeness (QED) is 0.572. The minimum Gasteiger partial charge on any atom is -0.325 e. The summed E-state index contributed by atoms with van der Waals surface area (Å²) in [6, 6.07) is 17.9. The van der Waals surface area contributed by atoms with Gasteiger partial charge in [-0.2, -0.15) is 0 Å². The number of Topliss-reactive ketones (excluding diaryl/α,β-unsaturated/α-hetero) is 1. The fraction of sp³-hybridized carbons (Fsp3) is 0.500. The topological polar surface area (TPSA) is 73.5 Å². The first-order chi connectivity index (χ1) is 16.4. The molecule has 34 heavy (non-hydrogen) atoms. The Balaban J connectivity index is 1.32. The summed E-state index contributed by atoms with van der Waals surface area (Å²) in [6.45, 7) is 8.47. The second-order valence-corrected chi connectivity index (χ2v) is 10.4. The molecule has 2 aliphatic heterocycles. The van der Waals surface area contributed by atoms with Gasteiger partial charge in [-0.3, -0.25) is 15.4 Å². The van der Waals surface area contributed by atoms with Crippen LogP contribution in [-0.4, -0.2) is 48.1 Å². The van der Waals surface area contributed by atoms with E-state index in [1.54, 1.807) is 0 Å². The van der Waals surface area contributed by atoms with E-state index in [0.717, 1.165) is 42.5 Å². The number of nitrogens with one attached hydrogen (secondary N) is 3. The number of hydrogen-bond acceptors (Lipinski definition) is 4. The Bertz CT molecular complexity index is 985. The summed E-state index contributed by atoms with van der Waals surface area (Å²) in [5.41, 5.74) is 2.48. The van der Waals surface area contributed by atoms with Gasteiger partial charge < -0.3 is 10.2 Å². The van der Waals surface area contributed by atoms with E-state index in [2.05, 4.69) is 41.9 Å². The average molecular weight is 463 g/mol. The standard InChI is InChI=1S/C28H38N4O2/c1-20(2)18-28(3)26(33)25(29-19-30-28)17-21-13-15-32(16-14-21)27(34)31-24-12-8-7-11-23(24)22-9-5-4-6-10-22/h4-12,20-21,25,29-30H,13-19H2,1-3H3,(H,31,34). The number of piperidine rings is 1. The van der Waals surface area contributed by atoms with Crippen molar-refractivity contribution in [2.75, 3.05) is 25.1 Å². The van der Waals surface area contributed by atoms with Crippen LogP contribution in [0.2, 0.25) is 0 Å². The van der Waals surface area contributed by atoms with Gasteiger partial charge in [-0.05, 0) is 56.1 Å². The van der Waals surface area contributed by atoms with Gasteiger partial charge in [-0.1, -0.05) is 62.4 Å². The van der Waals surface area contributed by atoms with Crippen molar-refractivity contribution >= 4 is 17.5 Å². The molecule has 2 aromatic carbocycles. The lowest BCUT2D eigenvalue weighted by Crippen LogP contribution is -2.65. The van der Waals surface area contributed by atoms with Crippen LogP contribution >= 0.6 is 0 Å². The van der Waals surface area contributed by atoms with Gasteiger partial charge in [0.25, 0.3) is 0 Å². The van der Waals surface area contributed by atoms with Crippen LogP contribution in [0.25, 0.3) is 11.1 Å². The van der Waals surface area contributed by atoms with Gasteiger partial charge in [0.05, 0.1) is 17.3 Å². The maximum absolute atomic E-state index is 13.2. The van der Waals surface area contributed by atoms with Crippen LogP contribution in [0.15, 0.2) is 54.6 Å². The zero-order chi connectivity index (χ0) is 24.1. The van der Waals surface area contributed by atoms with E-state index in [0.29, 0.717) is 31.6 Å². The van der Waals surface area contributed by atoms with Crippen molar-refractivity contribution < 1.29 is 9.59 Å². The highest BCUT2D eigenvalue weighted by molar-refractivity contribution is 5.95. The number of rotatable bonds is 6. The third-order valence-electron chi connectivity index (χ3n) is 7.23. The lowest BCUT2D eigenvalue weighted by molar-refractivity contribution is -0.130. The van der Waals surface area contributed by atoms with E-state index < -0.39 is 5.54 Å². The maximum Gasteiger partial charge on any atom is 0.321 e. The zero-order valence-electron chi connectivity index (χ0n) is 20.6. The first kappa shape index (κ1) is 24.4. The summed E-state index contributed by atoms with van der Waals surface area (Å²) in [5, 5.41) is 9.89. The predicted octanol–water partition coefficient (Wildman–Crippen LogP) is 4.88. The van der Waals surface area contributed by atoms with Crippen molar-refractivity contribution in [1.29, 1.82) is 0 Å². The number of likely N-dealkylation sites (tertiary alicyclic amines) is 1. The molecule has 182 valence electrons. The fourth-order valence-corrected chi connectivity index (χ4v) is 5.47. The summed E-state index contributed by atoms with van der Waals surface area (Å²) < 4.78 is 0. The number of carbonyl (C=O) groups excluding carboxylic acids is 2. The first-order valence-corrected chi connectivity index (χ1v) is 12.6. The van der Waals surface area contributed by atoms with Gasteiger partial charge in [0.15, 0.2) is 5.78 Å². The van der Waals surface area contributed by atoms with Crippen LogP contribution in [0.1, 0.15) is 46.5 Å². The van der Waals surface area contributed by atoms with Crippen LogP contribution in [-0.2, 0) is 4.79 Å². The van der Waals surface area contributed by atoms with Crippen molar-refractivity contribution in [3.05, 3.63) is 54.6 Å². The molecule has 2 atom stereocenters. The van der Waals surface area contributed by atoms with E-state index in [4.69, 9.17) is 0 Å². The highest BCUT2D eigenvalue weighted by Crippen LogP contribution is 2.30. The Morgan fingerprint density at radius 1 is 1.09 bits per heavy atom. The number of benzene rings is 2. The molecule has 0 bridgehead atoms. The van der Waals surface area contributed by atoms with Crippen molar-refractivity contribution in [2.45, 2.75) is 58.0 Å². The second kappa shape index (κ2) is 10.7. The monoisotopic (exact) mass is 462 g/mol. The molecule has 6 heteroatoms. The van der Waals surface area contributed by atoms with Crippen LogP contribution in [0.3, 0.4) is 0 Å². The molecule has 4 rings (SSSR count). The minimum atomic E-state index is -0.448. The van der Waals surface area contributed by atoms with Gasteiger partial charge in [0, 0.05) is 25.3 Å². The highest BCUT2D eigenvalue weighted by Gasteiger charge is 2.41. The van der Waals surface area contributed by atoms with Gasteiger partial charge in [-0.25, -0.2) is 4.79 Å². The molecule has 2 heterocycles. The number of urea groups is 1. The molecule has 2 unspecified atom stereocenters. The zero-order valence-corrected chi connectivity index (χ0v) is 20.6. The highest BCUT2D eigenvalue weighted by atomic mass is 16.2. The predicted molar refractivity (Wildman–Crippen MR) is 138 cm³/mol. The number of carbonyl (C=O) groups is 2. The number of anilines is 1. The second-order valence-electron chi connectivity index (χ2n) is 10.4. The average Bonchev–Trinajstić information content (AvgIpc) is 2.83. The van der Waals surface area contributed by atoms with Crippen LogP contribution < -0.4 is 16.0 Å². The van der Waals surface area contributed by atoms with Crippen molar-refractivity contribution in [3.8, 4) is 11.1 Å². The molecule has 0 aliphatic carbocycles. The van der Waals surface area contributed by atoms with E-state index in [1.807, 2.05) is 54.3 Å². The molecule has 0 radical (unpaired) electrons. The van der Waals surface area contributed by atoms with E-state index >= 15 is 0 Å². The summed E-state index contributed by atoms with van der Waals surface area (Å²) >= 11 is 0. The number of para-hydroxylation sites is 1. The third kappa shape index (κ3) is 5.68. The molecule has 2 amide bonds. The smallest absolute Gasteiger partial charge is 0.321 e. The van der Waals surface area contributed by atoms with Crippen molar-refractivity contribution in [3.63, 3.8) is 0 Å². The van der Waals surface area contributed by atoms with E-state index in [9.17, 15) is 9.59 Å². The number of amides is 2. The summed E-state index contributed by atoms with van der Waals surface area (Å²) in [4.78, 5) is 28.1. The van der Waals surface area contributed by atoms with Crippen molar-refractivity contribution in [2.24, 2.45) is 11.8 Å². The molecule has 0 spiro atoms. The number of ketones is 1. The van der Waals surface area contributed by atoms with Gasteiger partial charge in [0.2, 0.25) is 0 Å². The summed E-state index contributed by atoms with van der Waals surface area (Å²) in [5.74, 6) is 1.20. The minimum absolute atomic E-state index is 0.0533. The number of hydrogen-bond donors (Lipinski definition) is 3. The normalized spacial score (nSPS) is 23.8. The lowest BCUT2D eigenvalue weighted by atomic mass is 9.79. The Hall–Kier alpha value is -2.70. The third-order valence-corrected chi connectivity index (χ3v) is 7.23. The van der Waals surface area contributed by atoms with E-state index in [1.165, 1.54) is 0 Å². The molecular weight excluding hydrogens is 424 g/mol. The SMILES string of the molecule is CC(C)CC1(C)NCNC(CC2CCN(C(=O)Nc3ccccc3-c3ccccc3)CC2)C1=O. The maximum atomic E-state index is 13.2. The Morgan fingerprint density at radius 2 is 1.76 bits per heavy atom. The Morgan fingerprint density at radius 3 is 2.47 bits per heavy atom. The van der Waals surface area contributed by atoms with Crippen LogP contribution in [0.5, 0.6) is 0 Å². The molecule has 0 saturated carbocycles. The lowest BCUT2D eigenvalue weighted by Gasteiger charge is -2.41. The fourth-order valence-electron chi connectivity index (χ4n) is 5.47. The van der Waals surface area contributed by atoms with Gasteiger partial charge in [-0.15, -0.1) is 0 Å². The molecule has 3 N–H and O–H groups in total. The molecular formula is C28H38N4O2. The van der Waals surface area contributed by atoms with Crippen LogP contribution in [0, 0.1) is 11.8 Å². The van der Waals surface area contributed by atoms with Crippen molar-refractivity contribution in [1.82, 2.24) is 15.5 Å². The molecule has 6 nitrogen and oxygen atoms in total. The van der Waals surface area contributed by atoms with Gasteiger partial charge >= 0.3 is 6.03 Å². The van der Waals surface area contributed by atoms with Gasteiger partial charge in [0.1, 0.15) is 0 Å². The molecule has 2 aliphatic rings. The largest absolute Gasteiger partial charge is 0.325 e. The molecule has 2 aromatic rings. The number of nitrogens with zero attached hydrogens (tertiary/aromatic N) is 1. The molecule has 0 aromatic heterocycles. The first-order valence-electron chi connectivity index (χ1n) is 12.6. The Kier molecular flexibility index (Phi) is 7.69. The Labute approximate surface area is 203 Å². The van der Waals surface area contributed by atoms with E-state index in [-0.39, 0.29) is 17.9 Å². The molecule has 2 fully saturated rings. The summed E-state index contributed by atoms with van der Waals surface area (Å²) in [6.07, 6.45) is 3.55. The molecule has 2 saturated heterocycles.